The Bertz CT molecular complexity index is 307. The molecule has 0 aliphatic heterocycles. The van der Waals surface area contributed by atoms with Gasteiger partial charge in [-0.15, -0.1) is 23.1 Å². The molecule has 1 atom stereocenters. The van der Waals surface area contributed by atoms with Crippen molar-refractivity contribution in [2.75, 3.05) is 5.75 Å². The SMILES string of the molecule is CC(C)CCC[C@H](C)CCSc1csc(Br)c1. The number of hydrogen-bond acceptors (Lipinski definition) is 2. The summed E-state index contributed by atoms with van der Waals surface area (Å²) in [5, 5.41) is 2.23. The highest BCUT2D eigenvalue weighted by molar-refractivity contribution is 9.11. The maximum atomic E-state index is 3.51. The Hall–Kier alpha value is 0.530. The molecule has 98 valence electrons. The van der Waals surface area contributed by atoms with Crippen molar-refractivity contribution >= 4 is 39.0 Å². The summed E-state index contributed by atoms with van der Waals surface area (Å²) < 4.78 is 1.24. The van der Waals surface area contributed by atoms with Crippen LogP contribution in [0.5, 0.6) is 0 Å². The average Bonchev–Trinajstić information content (AvgIpc) is 2.63. The molecule has 0 unspecified atom stereocenters. The highest BCUT2D eigenvalue weighted by atomic mass is 79.9. The van der Waals surface area contributed by atoms with Crippen molar-refractivity contribution in [1.82, 2.24) is 0 Å². The summed E-state index contributed by atoms with van der Waals surface area (Å²) in [5.74, 6) is 2.99. The molecular weight excluding hydrogens is 312 g/mol. The first-order valence-electron chi connectivity index (χ1n) is 6.44. The predicted octanol–water partition coefficient (Wildman–Crippen LogP) is 6.46. The van der Waals surface area contributed by atoms with Crippen LogP contribution in [0.4, 0.5) is 0 Å². The van der Waals surface area contributed by atoms with Gasteiger partial charge in [0.2, 0.25) is 0 Å². The second-order valence-electron chi connectivity index (χ2n) is 5.15. The van der Waals surface area contributed by atoms with Gasteiger partial charge in [0.25, 0.3) is 0 Å². The van der Waals surface area contributed by atoms with E-state index in [1.54, 1.807) is 11.3 Å². The van der Waals surface area contributed by atoms with E-state index in [9.17, 15) is 0 Å². The van der Waals surface area contributed by atoms with Gasteiger partial charge < -0.3 is 0 Å². The minimum absolute atomic E-state index is 0.861. The fourth-order valence-electron chi connectivity index (χ4n) is 1.77. The Kier molecular flexibility index (Phi) is 7.89. The normalized spacial score (nSPS) is 13.2. The maximum absolute atomic E-state index is 3.51. The summed E-state index contributed by atoms with van der Waals surface area (Å²) >= 11 is 7.27. The lowest BCUT2D eigenvalue weighted by atomic mass is 9.98. The summed E-state index contributed by atoms with van der Waals surface area (Å²) in [6.07, 6.45) is 5.52. The zero-order valence-electron chi connectivity index (χ0n) is 11.0. The zero-order chi connectivity index (χ0) is 12.7. The topological polar surface area (TPSA) is 0 Å². The lowest BCUT2D eigenvalue weighted by molar-refractivity contribution is 0.451. The van der Waals surface area contributed by atoms with Gasteiger partial charge in [-0.25, -0.2) is 0 Å². The molecule has 0 aliphatic carbocycles. The zero-order valence-corrected chi connectivity index (χ0v) is 14.3. The fourth-order valence-corrected chi connectivity index (χ4v) is 4.39. The predicted molar refractivity (Wildman–Crippen MR) is 85.2 cm³/mol. The monoisotopic (exact) mass is 334 g/mol. The minimum atomic E-state index is 0.861. The molecule has 0 radical (unpaired) electrons. The van der Waals surface area contributed by atoms with Crippen LogP contribution in [-0.2, 0) is 0 Å². The second kappa shape index (κ2) is 8.60. The third kappa shape index (κ3) is 7.53. The summed E-state index contributed by atoms with van der Waals surface area (Å²) in [6.45, 7) is 7.02. The molecule has 1 rings (SSSR count). The van der Waals surface area contributed by atoms with Crippen LogP contribution in [0.2, 0.25) is 0 Å². The molecule has 1 aromatic heterocycles. The lowest BCUT2D eigenvalue weighted by Crippen LogP contribution is -1.98. The molecule has 3 heteroatoms. The van der Waals surface area contributed by atoms with Gasteiger partial charge in [0.05, 0.1) is 3.79 Å². The average molecular weight is 335 g/mol. The van der Waals surface area contributed by atoms with E-state index in [4.69, 9.17) is 0 Å². The molecular formula is C14H23BrS2. The van der Waals surface area contributed by atoms with Gasteiger partial charge in [0.15, 0.2) is 0 Å². The van der Waals surface area contributed by atoms with Crippen LogP contribution in [0.15, 0.2) is 20.1 Å². The Morgan fingerprint density at radius 3 is 2.59 bits per heavy atom. The van der Waals surface area contributed by atoms with E-state index in [2.05, 4.69) is 48.1 Å². The Labute approximate surface area is 123 Å². The van der Waals surface area contributed by atoms with E-state index in [-0.39, 0.29) is 0 Å². The molecule has 0 saturated carbocycles. The van der Waals surface area contributed by atoms with Crippen molar-refractivity contribution in [3.8, 4) is 0 Å². The molecule has 0 fully saturated rings. The highest BCUT2D eigenvalue weighted by Gasteiger charge is 2.04. The first kappa shape index (κ1) is 15.6. The molecule has 0 aliphatic rings. The van der Waals surface area contributed by atoms with E-state index in [0.717, 1.165) is 11.8 Å². The molecule has 0 amide bonds. The molecule has 1 heterocycles. The van der Waals surface area contributed by atoms with Crippen molar-refractivity contribution in [1.29, 1.82) is 0 Å². The number of thiophene rings is 1. The van der Waals surface area contributed by atoms with Crippen molar-refractivity contribution in [2.45, 2.75) is 51.3 Å². The summed E-state index contributed by atoms with van der Waals surface area (Å²) in [4.78, 5) is 1.41. The largest absolute Gasteiger partial charge is 0.136 e. The van der Waals surface area contributed by atoms with Crippen molar-refractivity contribution < 1.29 is 0 Å². The van der Waals surface area contributed by atoms with Crippen LogP contribution < -0.4 is 0 Å². The van der Waals surface area contributed by atoms with Gasteiger partial charge in [-0.3, -0.25) is 0 Å². The lowest BCUT2D eigenvalue weighted by Gasteiger charge is -2.11. The van der Waals surface area contributed by atoms with Gasteiger partial charge in [-0.05, 0) is 46.0 Å². The minimum Gasteiger partial charge on any atom is -0.136 e. The smallest absolute Gasteiger partial charge is 0.0709 e. The second-order valence-corrected chi connectivity index (χ2v) is 8.61. The summed E-state index contributed by atoms with van der Waals surface area (Å²) in [6, 6.07) is 2.22. The number of halogens is 1. The highest BCUT2D eigenvalue weighted by Crippen LogP contribution is 2.29. The third-order valence-corrected chi connectivity index (χ3v) is 5.56. The Morgan fingerprint density at radius 1 is 1.24 bits per heavy atom. The van der Waals surface area contributed by atoms with Crippen LogP contribution in [-0.4, -0.2) is 5.75 Å². The van der Waals surface area contributed by atoms with E-state index in [1.165, 1.54) is 40.1 Å². The third-order valence-electron chi connectivity index (χ3n) is 2.90. The van der Waals surface area contributed by atoms with Gasteiger partial charge >= 0.3 is 0 Å². The van der Waals surface area contributed by atoms with Gasteiger partial charge in [0, 0.05) is 10.3 Å². The summed E-state index contributed by atoms with van der Waals surface area (Å²) in [7, 11) is 0. The molecule has 0 nitrogen and oxygen atoms in total. The van der Waals surface area contributed by atoms with Gasteiger partial charge in [-0.2, -0.15) is 0 Å². The van der Waals surface area contributed by atoms with Crippen molar-refractivity contribution in [3.63, 3.8) is 0 Å². The van der Waals surface area contributed by atoms with Crippen LogP contribution in [0, 0.1) is 11.8 Å². The van der Waals surface area contributed by atoms with E-state index < -0.39 is 0 Å². The van der Waals surface area contributed by atoms with Crippen LogP contribution in [0.25, 0.3) is 0 Å². The van der Waals surface area contributed by atoms with E-state index in [1.807, 2.05) is 11.8 Å². The standard InChI is InChI=1S/C14H23BrS2/c1-11(2)5-4-6-12(3)7-8-16-13-9-14(15)17-10-13/h9-12H,4-8H2,1-3H3/t12-/m0/s1. The summed E-state index contributed by atoms with van der Waals surface area (Å²) in [5.41, 5.74) is 0. The van der Waals surface area contributed by atoms with Crippen molar-refractivity contribution in [3.05, 3.63) is 15.2 Å². The molecule has 0 bridgehead atoms. The Morgan fingerprint density at radius 2 is 2.00 bits per heavy atom. The van der Waals surface area contributed by atoms with Crippen LogP contribution in [0.1, 0.15) is 46.5 Å². The molecule has 0 spiro atoms. The Balaban J connectivity index is 2.05. The number of rotatable bonds is 8. The van der Waals surface area contributed by atoms with Gasteiger partial charge in [-0.1, -0.05) is 40.0 Å². The first-order valence-corrected chi connectivity index (χ1v) is 9.10. The van der Waals surface area contributed by atoms with E-state index >= 15 is 0 Å². The quantitative estimate of drug-likeness (QED) is 0.492. The maximum Gasteiger partial charge on any atom is 0.0709 e. The number of thioether (sulfide) groups is 1. The molecule has 1 aromatic rings. The first-order chi connectivity index (χ1) is 8.08. The van der Waals surface area contributed by atoms with Crippen LogP contribution in [0.3, 0.4) is 0 Å². The molecule has 17 heavy (non-hydrogen) atoms. The molecule has 0 N–H and O–H groups in total. The van der Waals surface area contributed by atoms with Crippen LogP contribution >= 0.6 is 39.0 Å². The van der Waals surface area contributed by atoms with E-state index in [0.29, 0.717) is 0 Å². The molecule has 0 aromatic carbocycles. The fraction of sp³-hybridized carbons (Fsp3) is 0.714. The van der Waals surface area contributed by atoms with Crippen molar-refractivity contribution in [2.24, 2.45) is 11.8 Å². The van der Waals surface area contributed by atoms with Gasteiger partial charge in [0.1, 0.15) is 0 Å². The number of hydrogen-bond donors (Lipinski definition) is 0. The molecule has 0 saturated heterocycles.